The number of hydrogen-bond acceptors (Lipinski definition) is 2. The van der Waals surface area contributed by atoms with E-state index in [2.05, 4.69) is 0 Å². The van der Waals surface area contributed by atoms with Crippen molar-refractivity contribution in [1.82, 2.24) is 0 Å². The second-order valence-corrected chi connectivity index (χ2v) is 6.85. The van der Waals surface area contributed by atoms with Gasteiger partial charge in [0.2, 0.25) is 9.84 Å². The fourth-order valence-corrected chi connectivity index (χ4v) is 3.01. The topological polar surface area (TPSA) is 34.1 Å². The minimum absolute atomic E-state index is 0.121. The van der Waals surface area contributed by atoms with Crippen LogP contribution < -0.4 is 0 Å². The molecule has 0 N–H and O–H groups in total. The maximum Gasteiger partial charge on any atom is 0.206 e. The largest absolute Gasteiger partial charge is 0.219 e. The molecule has 0 bridgehead atoms. The second kappa shape index (κ2) is 4.58. The molecule has 1 aliphatic rings. The lowest BCUT2D eigenvalue weighted by molar-refractivity contribution is 0.602. The minimum atomic E-state index is -3.41. The van der Waals surface area contributed by atoms with E-state index in [0.717, 1.165) is 0 Å². The molecule has 0 fully saturated rings. The summed E-state index contributed by atoms with van der Waals surface area (Å²) < 4.78 is 24.8. The van der Waals surface area contributed by atoms with Gasteiger partial charge in [-0.05, 0) is 24.3 Å². The number of allylic oxidation sites excluding steroid dienone is 5. The van der Waals surface area contributed by atoms with Gasteiger partial charge in [0.05, 0.1) is 9.80 Å². The summed E-state index contributed by atoms with van der Waals surface area (Å²) in [5, 5.41) is 0. The van der Waals surface area contributed by atoms with Crippen molar-refractivity contribution in [2.75, 3.05) is 0 Å². The average molecular weight is 260 g/mol. The number of hydrogen-bond donors (Lipinski definition) is 0. The molecule has 1 aliphatic carbocycles. The van der Waals surface area contributed by atoms with Crippen molar-refractivity contribution in [2.45, 2.75) is 18.7 Å². The van der Waals surface area contributed by atoms with Gasteiger partial charge >= 0.3 is 0 Å². The molecule has 2 rings (SSSR count). The maximum atomic E-state index is 12.4. The highest BCUT2D eigenvalue weighted by atomic mass is 32.2. The highest BCUT2D eigenvalue weighted by Crippen LogP contribution is 2.27. The number of benzene rings is 1. The zero-order chi connectivity index (χ0) is 13.2. The summed E-state index contributed by atoms with van der Waals surface area (Å²) in [5.74, 6) is 0. The molecule has 2 nitrogen and oxygen atoms in total. The van der Waals surface area contributed by atoms with Crippen molar-refractivity contribution < 1.29 is 8.42 Å². The van der Waals surface area contributed by atoms with Crippen molar-refractivity contribution in [3.63, 3.8) is 0 Å². The third kappa shape index (κ3) is 2.62. The molecule has 3 heteroatoms. The minimum Gasteiger partial charge on any atom is -0.219 e. The molecular formula is C15H16O2S. The Balaban J connectivity index is 2.45. The van der Waals surface area contributed by atoms with E-state index in [1.54, 1.807) is 48.6 Å². The molecule has 0 saturated carbocycles. The molecule has 0 amide bonds. The van der Waals surface area contributed by atoms with Crippen LogP contribution in [0.3, 0.4) is 0 Å². The van der Waals surface area contributed by atoms with Gasteiger partial charge in [-0.1, -0.05) is 50.3 Å². The average Bonchev–Trinajstić information content (AvgIpc) is 2.52. The zero-order valence-corrected chi connectivity index (χ0v) is 11.3. The monoisotopic (exact) mass is 260 g/mol. The predicted octanol–water partition coefficient (Wildman–Crippen LogP) is 3.50. The summed E-state index contributed by atoms with van der Waals surface area (Å²) in [6.07, 6.45) is 9.02. The van der Waals surface area contributed by atoms with E-state index in [1.165, 1.54) is 0 Å². The van der Waals surface area contributed by atoms with Gasteiger partial charge in [0.25, 0.3) is 0 Å². The quantitative estimate of drug-likeness (QED) is 0.815. The lowest BCUT2D eigenvalue weighted by Crippen LogP contribution is -2.04. The fourth-order valence-electron chi connectivity index (χ4n) is 1.71. The van der Waals surface area contributed by atoms with E-state index in [-0.39, 0.29) is 5.41 Å². The lowest BCUT2D eigenvalue weighted by atomic mass is 9.93. The molecule has 0 spiro atoms. The molecular weight excluding hydrogens is 244 g/mol. The summed E-state index contributed by atoms with van der Waals surface area (Å²) in [4.78, 5) is 0.657. The second-order valence-electron chi connectivity index (χ2n) is 4.90. The lowest BCUT2D eigenvalue weighted by Gasteiger charge is -2.12. The Morgan fingerprint density at radius 2 is 1.67 bits per heavy atom. The molecule has 18 heavy (non-hydrogen) atoms. The molecule has 1 aromatic rings. The van der Waals surface area contributed by atoms with Gasteiger partial charge in [-0.15, -0.1) is 0 Å². The summed E-state index contributed by atoms with van der Waals surface area (Å²) in [6, 6.07) is 8.49. The van der Waals surface area contributed by atoms with Crippen LogP contribution in [0.4, 0.5) is 0 Å². The van der Waals surface area contributed by atoms with E-state index >= 15 is 0 Å². The molecule has 0 aliphatic heterocycles. The van der Waals surface area contributed by atoms with Gasteiger partial charge in [-0.25, -0.2) is 8.42 Å². The van der Waals surface area contributed by atoms with E-state index in [4.69, 9.17) is 0 Å². The van der Waals surface area contributed by atoms with E-state index in [9.17, 15) is 8.42 Å². The van der Waals surface area contributed by atoms with E-state index in [1.807, 2.05) is 26.0 Å². The first-order chi connectivity index (χ1) is 8.42. The first kappa shape index (κ1) is 12.8. The summed E-state index contributed by atoms with van der Waals surface area (Å²) in [5.41, 5.74) is -0.121. The number of rotatable bonds is 2. The van der Waals surface area contributed by atoms with Gasteiger partial charge < -0.3 is 0 Å². The summed E-state index contributed by atoms with van der Waals surface area (Å²) >= 11 is 0. The van der Waals surface area contributed by atoms with Gasteiger partial charge in [0.15, 0.2) is 0 Å². The number of sulfone groups is 1. The van der Waals surface area contributed by atoms with Crippen molar-refractivity contribution in [3.05, 3.63) is 65.6 Å². The Hall–Kier alpha value is -1.61. The predicted molar refractivity (Wildman–Crippen MR) is 73.8 cm³/mol. The highest BCUT2D eigenvalue weighted by Gasteiger charge is 2.20. The van der Waals surface area contributed by atoms with Crippen LogP contribution in [-0.2, 0) is 9.84 Å². The Kier molecular flexibility index (Phi) is 3.26. The molecule has 0 unspecified atom stereocenters. The Morgan fingerprint density at radius 3 is 2.33 bits per heavy atom. The van der Waals surface area contributed by atoms with E-state index < -0.39 is 9.84 Å². The van der Waals surface area contributed by atoms with E-state index in [0.29, 0.717) is 9.80 Å². The third-order valence-corrected chi connectivity index (χ3v) is 4.61. The summed E-state index contributed by atoms with van der Waals surface area (Å²) in [7, 11) is -3.41. The molecule has 0 saturated heterocycles. The van der Waals surface area contributed by atoms with Crippen LogP contribution in [0.15, 0.2) is 70.5 Å². The van der Waals surface area contributed by atoms with Crippen molar-refractivity contribution >= 4 is 9.84 Å². The van der Waals surface area contributed by atoms with Crippen LogP contribution >= 0.6 is 0 Å². The molecule has 0 atom stereocenters. The Labute approximate surface area is 108 Å². The van der Waals surface area contributed by atoms with Gasteiger partial charge in [0.1, 0.15) is 0 Å². The Morgan fingerprint density at radius 1 is 1.00 bits per heavy atom. The summed E-state index contributed by atoms with van der Waals surface area (Å²) in [6.45, 7) is 4.07. The highest BCUT2D eigenvalue weighted by molar-refractivity contribution is 7.95. The normalized spacial score (nSPS) is 18.2. The van der Waals surface area contributed by atoms with Crippen molar-refractivity contribution in [1.29, 1.82) is 0 Å². The van der Waals surface area contributed by atoms with Crippen LogP contribution in [0.5, 0.6) is 0 Å². The molecule has 0 radical (unpaired) electrons. The van der Waals surface area contributed by atoms with Crippen molar-refractivity contribution in [2.24, 2.45) is 5.41 Å². The molecule has 94 valence electrons. The van der Waals surface area contributed by atoms with Crippen molar-refractivity contribution in [3.8, 4) is 0 Å². The first-order valence-corrected chi connectivity index (χ1v) is 7.29. The molecule has 0 heterocycles. The van der Waals surface area contributed by atoms with Crippen LogP contribution in [-0.4, -0.2) is 8.42 Å². The van der Waals surface area contributed by atoms with Crippen LogP contribution in [0.1, 0.15) is 13.8 Å². The zero-order valence-electron chi connectivity index (χ0n) is 10.5. The van der Waals surface area contributed by atoms with Crippen LogP contribution in [0.25, 0.3) is 0 Å². The molecule has 1 aromatic carbocycles. The van der Waals surface area contributed by atoms with Crippen LogP contribution in [0.2, 0.25) is 0 Å². The van der Waals surface area contributed by atoms with Gasteiger partial charge in [-0.2, -0.15) is 0 Å². The Bertz CT molecular complexity index is 618. The smallest absolute Gasteiger partial charge is 0.206 e. The third-order valence-electron chi connectivity index (χ3n) is 2.83. The standard InChI is InChI=1S/C15H16O2S/c1-15(2)11-6-9-14(10-12-15)18(16,17)13-7-4-3-5-8-13/h3-12H,1-2H3. The SMILES string of the molecule is CC1(C)C=CC=C(S(=O)(=O)c2ccccc2)C=C1. The maximum absolute atomic E-state index is 12.4. The first-order valence-electron chi connectivity index (χ1n) is 5.81. The van der Waals surface area contributed by atoms with Crippen LogP contribution in [0, 0.1) is 5.41 Å². The van der Waals surface area contributed by atoms with Gasteiger partial charge in [-0.3, -0.25) is 0 Å². The molecule has 0 aromatic heterocycles. The fraction of sp³-hybridized carbons (Fsp3) is 0.200. The van der Waals surface area contributed by atoms with Gasteiger partial charge in [0, 0.05) is 5.41 Å².